The standard InChI is InChI=1S/C14H8Br2F2O2S/c15-11-7-10(21-13(11)16)4-5-12(19)8-2-1-3-9(6-8)20-14(17)18/h1-7,14H/b5-4+. The number of hydrogen-bond acceptors (Lipinski definition) is 3. The van der Waals surface area contributed by atoms with Gasteiger partial charge in [0.2, 0.25) is 0 Å². The van der Waals surface area contributed by atoms with Crippen LogP contribution in [0.5, 0.6) is 5.75 Å². The molecule has 0 aliphatic carbocycles. The fourth-order valence-corrected chi connectivity index (χ4v) is 3.52. The summed E-state index contributed by atoms with van der Waals surface area (Å²) in [6, 6.07) is 7.58. The molecule has 0 aliphatic rings. The fourth-order valence-electron chi connectivity index (χ4n) is 1.53. The Labute approximate surface area is 140 Å². The van der Waals surface area contributed by atoms with Crippen LogP contribution < -0.4 is 4.74 Å². The van der Waals surface area contributed by atoms with E-state index >= 15 is 0 Å². The molecule has 0 saturated heterocycles. The van der Waals surface area contributed by atoms with Crippen LogP contribution >= 0.6 is 43.2 Å². The lowest BCUT2D eigenvalue weighted by atomic mass is 10.1. The first-order valence-corrected chi connectivity index (χ1v) is 8.08. The van der Waals surface area contributed by atoms with Gasteiger partial charge < -0.3 is 4.74 Å². The Bertz CT molecular complexity index is 664. The Morgan fingerprint density at radius 3 is 2.67 bits per heavy atom. The van der Waals surface area contributed by atoms with Gasteiger partial charge in [0.25, 0.3) is 0 Å². The molecule has 0 radical (unpaired) electrons. The van der Waals surface area contributed by atoms with E-state index in [0.717, 1.165) is 13.1 Å². The lowest BCUT2D eigenvalue weighted by molar-refractivity contribution is -0.0498. The minimum Gasteiger partial charge on any atom is -0.435 e. The molecule has 0 amide bonds. The molecule has 0 N–H and O–H groups in total. The Hall–Kier alpha value is -1.05. The van der Waals surface area contributed by atoms with Gasteiger partial charge in [-0.2, -0.15) is 8.78 Å². The SMILES string of the molecule is O=C(/C=C/c1cc(Br)c(Br)s1)c1cccc(OC(F)F)c1. The van der Waals surface area contributed by atoms with E-state index < -0.39 is 6.61 Å². The van der Waals surface area contributed by atoms with E-state index in [2.05, 4.69) is 36.6 Å². The third kappa shape index (κ3) is 4.72. The van der Waals surface area contributed by atoms with Gasteiger partial charge in [-0.15, -0.1) is 11.3 Å². The van der Waals surface area contributed by atoms with Crippen molar-refractivity contribution >= 4 is 55.1 Å². The predicted octanol–water partition coefficient (Wildman–Crippen LogP) is 5.77. The van der Waals surface area contributed by atoms with Gasteiger partial charge in [0.05, 0.1) is 3.79 Å². The molecule has 110 valence electrons. The first-order valence-electron chi connectivity index (χ1n) is 5.68. The number of ether oxygens (including phenoxy) is 1. The van der Waals surface area contributed by atoms with Gasteiger partial charge >= 0.3 is 6.61 Å². The molecule has 0 aliphatic heterocycles. The van der Waals surface area contributed by atoms with Gasteiger partial charge in [-0.1, -0.05) is 12.1 Å². The second-order valence-electron chi connectivity index (χ2n) is 3.87. The Morgan fingerprint density at radius 2 is 2.05 bits per heavy atom. The second kappa shape index (κ2) is 7.29. The molecule has 0 bridgehead atoms. The Morgan fingerprint density at radius 1 is 1.29 bits per heavy atom. The van der Waals surface area contributed by atoms with Crippen LogP contribution in [0.1, 0.15) is 15.2 Å². The van der Waals surface area contributed by atoms with Gasteiger partial charge in [-0.05, 0) is 62.2 Å². The summed E-state index contributed by atoms with van der Waals surface area (Å²) < 4.78 is 30.4. The monoisotopic (exact) mass is 436 g/mol. The molecule has 2 rings (SSSR count). The number of halogens is 4. The summed E-state index contributed by atoms with van der Waals surface area (Å²) in [4.78, 5) is 12.9. The van der Waals surface area contributed by atoms with Crippen LogP contribution in [0.3, 0.4) is 0 Å². The zero-order valence-electron chi connectivity index (χ0n) is 10.4. The highest BCUT2D eigenvalue weighted by molar-refractivity contribution is 9.13. The molecule has 21 heavy (non-hydrogen) atoms. The van der Waals surface area contributed by atoms with Crippen molar-refractivity contribution < 1.29 is 18.3 Å². The maximum absolute atomic E-state index is 12.1. The molecule has 1 aromatic heterocycles. The minimum absolute atomic E-state index is 0.0362. The highest BCUT2D eigenvalue weighted by Crippen LogP contribution is 2.33. The zero-order valence-corrected chi connectivity index (χ0v) is 14.3. The average molecular weight is 438 g/mol. The number of thiophene rings is 1. The van der Waals surface area contributed by atoms with E-state index in [1.165, 1.54) is 35.6 Å². The average Bonchev–Trinajstić information content (AvgIpc) is 2.75. The van der Waals surface area contributed by atoms with Crippen LogP contribution in [0.2, 0.25) is 0 Å². The van der Waals surface area contributed by atoms with Crippen molar-refractivity contribution in [2.75, 3.05) is 0 Å². The molecule has 0 saturated carbocycles. The van der Waals surface area contributed by atoms with Crippen molar-refractivity contribution in [3.63, 3.8) is 0 Å². The molecule has 7 heteroatoms. The van der Waals surface area contributed by atoms with Gasteiger partial charge in [0, 0.05) is 14.9 Å². The quantitative estimate of drug-likeness (QED) is 0.438. The molecule has 0 fully saturated rings. The van der Waals surface area contributed by atoms with Crippen molar-refractivity contribution in [3.8, 4) is 5.75 Å². The number of ketones is 1. The smallest absolute Gasteiger partial charge is 0.387 e. The number of rotatable bonds is 5. The molecule has 0 unspecified atom stereocenters. The van der Waals surface area contributed by atoms with E-state index in [4.69, 9.17) is 0 Å². The largest absolute Gasteiger partial charge is 0.435 e. The molecule has 0 atom stereocenters. The molecule has 1 aromatic carbocycles. The van der Waals surface area contributed by atoms with E-state index in [1.54, 1.807) is 12.1 Å². The summed E-state index contributed by atoms with van der Waals surface area (Å²) in [5.41, 5.74) is 0.291. The minimum atomic E-state index is -2.91. The number of hydrogen-bond donors (Lipinski definition) is 0. The van der Waals surface area contributed by atoms with Crippen LogP contribution in [-0.2, 0) is 0 Å². The molecular formula is C14H8Br2F2O2S. The fraction of sp³-hybridized carbons (Fsp3) is 0.0714. The lowest BCUT2D eigenvalue weighted by Crippen LogP contribution is -2.03. The maximum Gasteiger partial charge on any atom is 0.387 e. The van der Waals surface area contributed by atoms with E-state index in [9.17, 15) is 13.6 Å². The van der Waals surface area contributed by atoms with E-state index in [-0.39, 0.29) is 11.5 Å². The zero-order chi connectivity index (χ0) is 15.4. The Balaban J connectivity index is 2.12. The first-order chi connectivity index (χ1) is 9.95. The lowest BCUT2D eigenvalue weighted by Gasteiger charge is -2.04. The van der Waals surface area contributed by atoms with Crippen LogP contribution in [0, 0.1) is 0 Å². The highest BCUT2D eigenvalue weighted by Gasteiger charge is 2.08. The summed E-state index contributed by atoms with van der Waals surface area (Å²) >= 11 is 8.19. The van der Waals surface area contributed by atoms with Crippen molar-refractivity contribution in [1.82, 2.24) is 0 Å². The van der Waals surface area contributed by atoms with Gasteiger partial charge in [0.15, 0.2) is 5.78 Å². The first kappa shape index (κ1) is 16.3. The summed E-state index contributed by atoms with van der Waals surface area (Å²) in [5, 5.41) is 0. The molecule has 2 nitrogen and oxygen atoms in total. The number of carbonyl (C=O) groups is 1. The highest BCUT2D eigenvalue weighted by atomic mass is 79.9. The number of allylic oxidation sites excluding steroid dienone is 1. The van der Waals surface area contributed by atoms with Crippen LogP contribution in [0.25, 0.3) is 6.08 Å². The third-order valence-electron chi connectivity index (χ3n) is 2.41. The molecule has 2 aromatic rings. The van der Waals surface area contributed by atoms with Gasteiger partial charge in [-0.3, -0.25) is 4.79 Å². The summed E-state index contributed by atoms with van der Waals surface area (Å²) in [7, 11) is 0. The summed E-state index contributed by atoms with van der Waals surface area (Å²) in [5.74, 6) is -0.318. The normalized spacial score (nSPS) is 11.3. The topological polar surface area (TPSA) is 26.3 Å². The van der Waals surface area contributed by atoms with E-state index in [1.807, 2.05) is 6.07 Å². The molecule has 1 heterocycles. The van der Waals surface area contributed by atoms with Gasteiger partial charge in [-0.25, -0.2) is 0 Å². The predicted molar refractivity (Wildman–Crippen MR) is 86.2 cm³/mol. The van der Waals surface area contributed by atoms with Crippen molar-refractivity contribution in [2.24, 2.45) is 0 Å². The summed E-state index contributed by atoms with van der Waals surface area (Å²) in [6.45, 7) is -2.91. The second-order valence-corrected chi connectivity index (χ2v) is 7.13. The van der Waals surface area contributed by atoms with Crippen molar-refractivity contribution in [2.45, 2.75) is 6.61 Å². The number of benzene rings is 1. The molecule has 0 spiro atoms. The number of carbonyl (C=O) groups excluding carboxylic acids is 1. The van der Waals surface area contributed by atoms with Crippen LogP contribution in [0.4, 0.5) is 8.78 Å². The van der Waals surface area contributed by atoms with Crippen molar-refractivity contribution in [1.29, 1.82) is 0 Å². The third-order valence-corrected chi connectivity index (χ3v) is 5.63. The van der Waals surface area contributed by atoms with E-state index in [0.29, 0.717) is 5.56 Å². The molecular weight excluding hydrogens is 430 g/mol. The Kier molecular flexibility index (Phi) is 5.66. The van der Waals surface area contributed by atoms with Crippen LogP contribution in [0.15, 0.2) is 44.7 Å². The number of alkyl halides is 2. The van der Waals surface area contributed by atoms with Gasteiger partial charge in [0.1, 0.15) is 5.75 Å². The maximum atomic E-state index is 12.1. The van der Waals surface area contributed by atoms with Crippen molar-refractivity contribution in [3.05, 3.63) is 55.1 Å². The van der Waals surface area contributed by atoms with Crippen LogP contribution in [-0.4, -0.2) is 12.4 Å². The summed E-state index contributed by atoms with van der Waals surface area (Å²) in [6.07, 6.45) is 3.06.